The molecule has 1 rings (SSSR count). The van der Waals surface area contributed by atoms with Gasteiger partial charge in [0, 0.05) is 0 Å². The highest BCUT2D eigenvalue weighted by Crippen LogP contribution is 2.07. The summed E-state index contributed by atoms with van der Waals surface area (Å²) in [5, 5.41) is 13.4. The first kappa shape index (κ1) is 14.4. The van der Waals surface area contributed by atoms with Gasteiger partial charge in [0.2, 0.25) is 5.91 Å². The molecule has 0 aliphatic carbocycles. The average molecular weight is 266 g/mol. The first-order chi connectivity index (χ1) is 8.72. The van der Waals surface area contributed by atoms with E-state index in [0.717, 1.165) is 0 Å². The fourth-order valence-electron chi connectivity index (χ4n) is 1.10. The molecule has 0 fully saturated rings. The number of primary amides is 1. The van der Waals surface area contributed by atoms with Gasteiger partial charge < -0.3 is 21.5 Å². The maximum atomic E-state index is 11.6. The molecule has 0 spiro atoms. The topological polar surface area (TPSA) is 134 Å². The minimum Gasteiger partial charge on any atom is -0.477 e. The van der Waals surface area contributed by atoms with Gasteiger partial charge in [-0.15, -0.1) is 0 Å². The zero-order valence-corrected chi connectivity index (χ0v) is 10.4. The molecule has 0 aromatic carbocycles. The summed E-state index contributed by atoms with van der Waals surface area (Å²) in [7, 11) is 0. The summed E-state index contributed by atoms with van der Waals surface area (Å²) in [6.45, 7) is 2.92. The van der Waals surface area contributed by atoms with Crippen LogP contribution >= 0.6 is 0 Å². The zero-order chi connectivity index (χ0) is 14.6. The second-order valence-corrected chi connectivity index (χ2v) is 4.31. The van der Waals surface area contributed by atoms with Crippen LogP contribution in [0.25, 0.3) is 0 Å². The number of carboxylic acid groups (broad SMARTS) is 1. The van der Waals surface area contributed by atoms with E-state index in [1.54, 1.807) is 0 Å². The number of pyridine rings is 1. The number of anilines is 1. The Morgan fingerprint density at radius 2 is 1.95 bits per heavy atom. The second-order valence-electron chi connectivity index (χ2n) is 4.31. The minimum atomic E-state index is -1.20. The largest absolute Gasteiger partial charge is 0.477 e. The maximum absolute atomic E-state index is 11.6. The van der Waals surface area contributed by atoms with Crippen LogP contribution in [-0.2, 0) is 4.79 Å². The summed E-state index contributed by atoms with van der Waals surface area (Å²) in [6.07, 6.45) is 1.19. The Kier molecular flexibility index (Phi) is 4.05. The van der Waals surface area contributed by atoms with Gasteiger partial charge in [-0.2, -0.15) is 0 Å². The van der Waals surface area contributed by atoms with Gasteiger partial charge in [0.25, 0.3) is 0 Å². The van der Waals surface area contributed by atoms with Crippen LogP contribution in [0, 0.1) is 0 Å². The molecule has 0 aliphatic heterocycles. The lowest BCUT2D eigenvalue weighted by molar-refractivity contribution is -0.122. The Morgan fingerprint density at radius 1 is 1.32 bits per heavy atom. The molecule has 0 aliphatic rings. The van der Waals surface area contributed by atoms with E-state index in [1.807, 2.05) is 0 Å². The van der Waals surface area contributed by atoms with Crippen molar-refractivity contribution < 1.29 is 19.5 Å². The van der Waals surface area contributed by atoms with Crippen LogP contribution in [0.4, 0.5) is 10.5 Å². The normalized spacial score (nSPS) is 10.6. The number of carbonyl (C=O) groups is 3. The van der Waals surface area contributed by atoms with Gasteiger partial charge in [-0.1, -0.05) is 0 Å². The molecule has 0 saturated heterocycles. The van der Waals surface area contributed by atoms with Crippen LogP contribution in [0.15, 0.2) is 18.3 Å². The molecule has 3 amide bonds. The van der Waals surface area contributed by atoms with Gasteiger partial charge in [0.15, 0.2) is 0 Å². The molecule has 1 aromatic rings. The van der Waals surface area contributed by atoms with Crippen molar-refractivity contribution in [3.63, 3.8) is 0 Å². The van der Waals surface area contributed by atoms with Crippen molar-refractivity contribution in [2.24, 2.45) is 5.73 Å². The number of nitrogens with zero attached hydrogens (tertiary/aromatic N) is 1. The van der Waals surface area contributed by atoms with Crippen LogP contribution < -0.4 is 16.4 Å². The number of aromatic carboxylic acids is 1. The predicted molar refractivity (Wildman–Crippen MR) is 66.6 cm³/mol. The molecule has 0 unspecified atom stereocenters. The molecule has 0 radical (unpaired) electrons. The number of nitrogens with one attached hydrogen (secondary N) is 2. The number of aromatic nitrogens is 1. The number of nitrogens with two attached hydrogens (primary N) is 1. The molecule has 0 bridgehead atoms. The van der Waals surface area contributed by atoms with Gasteiger partial charge in [-0.3, -0.25) is 4.79 Å². The van der Waals surface area contributed by atoms with Gasteiger partial charge >= 0.3 is 12.0 Å². The Hall–Kier alpha value is -2.64. The molecular formula is C11H14N4O4. The summed E-state index contributed by atoms with van der Waals surface area (Å²) in [5.74, 6) is -1.84. The Morgan fingerprint density at radius 3 is 2.37 bits per heavy atom. The Labute approximate surface area is 109 Å². The number of carbonyl (C=O) groups excluding carboxylic acids is 2. The zero-order valence-electron chi connectivity index (χ0n) is 10.4. The smallest absolute Gasteiger partial charge is 0.354 e. The summed E-state index contributed by atoms with van der Waals surface area (Å²) in [5.41, 5.74) is 4.07. The summed E-state index contributed by atoms with van der Waals surface area (Å²) in [4.78, 5) is 36.8. The predicted octanol–water partition coefficient (Wildman–Crippen LogP) is 0.165. The van der Waals surface area contributed by atoms with E-state index in [-0.39, 0.29) is 5.69 Å². The first-order valence-electron chi connectivity index (χ1n) is 5.31. The van der Waals surface area contributed by atoms with Crippen molar-refractivity contribution in [1.82, 2.24) is 10.3 Å². The highest BCUT2D eigenvalue weighted by molar-refractivity contribution is 5.95. The highest BCUT2D eigenvalue weighted by atomic mass is 16.4. The quantitative estimate of drug-likeness (QED) is 0.616. The van der Waals surface area contributed by atoms with Crippen molar-refractivity contribution in [3.05, 3.63) is 24.0 Å². The highest BCUT2D eigenvalue weighted by Gasteiger charge is 2.26. The van der Waals surface area contributed by atoms with Crippen LogP contribution in [0.1, 0.15) is 24.3 Å². The Bertz CT molecular complexity index is 510. The molecule has 1 heterocycles. The van der Waals surface area contributed by atoms with E-state index in [0.29, 0.717) is 5.69 Å². The number of amides is 3. The number of carboxylic acids is 1. The van der Waals surface area contributed by atoms with Gasteiger partial charge in [-0.05, 0) is 26.0 Å². The number of rotatable bonds is 4. The number of urea groups is 1. The fraction of sp³-hybridized carbons (Fsp3) is 0.273. The van der Waals surface area contributed by atoms with E-state index in [9.17, 15) is 14.4 Å². The summed E-state index contributed by atoms with van der Waals surface area (Å²) < 4.78 is 0. The summed E-state index contributed by atoms with van der Waals surface area (Å²) in [6, 6.07) is 1.98. The van der Waals surface area contributed by atoms with Gasteiger partial charge in [-0.25, -0.2) is 14.6 Å². The van der Waals surface area contributed by atoms with Crippen LogP contribution in [0.3, 0.4) is 0 Å². The van der Waals surface area contributed by atoms with Crippen molar-refractivity contribution in [1.29, 1.82) is 0 Å². The second kappa shape index (κ2) is 5.34. The van der Waals surface area contributed by atoms with Gasteiger partial charge in [0.05, 0.1) is 11.9 Å². The molecule has 5 N–H and O–H groups in total. The molecular weight excluding hydrogens is 252 g/mol. The van der Waals surface area contributed by atoms with E-state index in [2.05, 4.69) is 15.6 Å². The molecule has 8 nitrogen and oxygen atoms in total. The van der Waals surface area contributed by atoms with E-state index >= 15 is 0 Å². The summed E-state index contributed by atoms with van der Waals surface area (Å²) >= 11 is 0. The SMILES string of the molecule is CC(C)(NC(=O)Nc1ccc(C(=O)O)nc1)C(N)=O. The van der Waals surface area contributed by atoms with Crippen LogP contribution in [0.2, 0.25) is 0 Å². The van der Waals surface area contributed by atoms with E-state index < -0.39 is 23.4 Å². The lowest BCUT2D eigenvalue weighted by Crippen LogP contribution is -2.54. The fourth-order valence-corrected chi connectivity index (χ4v) is 1.10. The van der Waals surface area contributed by atoms with Crippen molar-refractivity contribution in [3.8, 4) is 0 Å². The molecule has 0 saturated carbocycles. The average Bonchev–Trinajstić information content (AvgIpc) is 2.28. The first-order valence-corrected chi connectivity index (χ1v) is 5.31. The molecule has 102 valence electrons. The Balaban J connectivity index is 2.67. The lowest BCUT2D eigenvalue weighted by Gasteiger charge is -2.22. The molecule has 8 heteroatoms. The van der Waals surface area contributed by atoms with Gasteiger partial charge in [0.1, 0.15) is 11.2 Å². The van der Waals surface area contributed by atoms with Crippen LogP contribution in [0.5, 0.6) is 0 Å². The third kappa shape index (κ3) is 3.95. The van der Waals surface area contributed by atoms with Crippen molar-refractivity contribution in [2.75, 3.05) is 5.32 Å². The van der Waals surface area contributed by atoms with E-state index in [4.69, 9.17) is 10.8 Å². The van der Waals surface area contributed by atoms with Crippen molar-refractivity contribution in [2.45, 2.75) is 19.4 Å². The molecule has 1 aromatic heterocycles. The number of hydrogen-bond acceptors (Lipinski definition) is 4. The molecule has 19 heavy (non-hydrogen) atoms. The standard InChI is InChI=1S/C11H14N4O4/c1-11(2,9(12)18)15-10(19)14-6-3-4-7(8(16)17)13-5-6/h3-5H,1-2H3,(H2,12,18)(H,16,17)(H2,14,15,19). The number of hydrogen-bond donors (Lipinski definition) is 4. The minimum absolute atomic E-state index is 0.136. The van der Waals surface area contributed by atoms with Crippen molar-refractivity contribution >= 4 is 23.6 Å². The molecule has 0 atom stereocenters. The third-order valence-corrected chi connectivity index (χ3v) is 2.28. The maximum Gasteiger partial charge on any atom is 0.354 e. The van der Waals surface area contributed by atoms with Crippen LogP contribution in [-0.4, -0.2) is 33.5 Å². The monoisotopic (exact) mass is 266 g/mol. The van der Waals surface area contributed by atoms with E-state index in [1.165, 1.54) is 32.2 Å². The third-order valence-electron chi connectivity index (χ3n) is 2.28. The lowest BCUT2D eigenvalue weighted by atomic mass is 10.1.